The van der Waals surface area contributed by atoms with Crippen LogP contribution in [0.15, 0.2) is 30.6 Å². The predicted octanol–water partition coefficient (Wildman–Crippen LogP) is 0.654. The van der Waals surface area contributed by atoms with Crippen LogP contribution in [0, 0.1) is 0 Å². The summed E-state index contributed by atoms with van der Waals surface area (Å²) in [4.78, 5) is 6.67. The van der Waals surface area contributed by atoms with E-state index in [0.717, 1.165) is 37.6 Å². The van der Waals surface area contributed by atoms with Crippen molar-refractivity contribution in [2.24, 2.45) is 5.73 Å². The van der Waals surface area contributed by atoms with Gasteiger partial charge in [-0.05, 0) is 18.7 Å². The molecule has 2 aromatic rings. The Kier molecular flexibility index (Phi) is 5.00. The molecule has 0 aromatic carbocycles. The lowest BCUT2D eigenvalue weighted by Gasteiger charge is -2.19. The summed E-state index contributed by atoms with van der Waals surface area (Å²) in [6.45, 7) is 6.15. The largest absolute Gasteiger partial charge is 0.325 e. The molecule has 6 nitrogen and oxygen atoms in total. The van der Waals surface area contributed by atoms with Crippen LogP contribution in [0.2, 0.25) is 0 Å². The molecule has 102 valence electrons. The van der Waals surface area contributed by atoms with E-state index in [2.05, 4.69) is 27.1 Å². The highest BCUT2D eigenvalue weighted by Crippen LogP contribution is 2.01. The molecular weight excluding hydrogens is 240 g/mol. The average molecular weight is 260 g/mol. The molecule has 0 spiro atoms. The molecule has 0 aliphatic carbocycles. The van der Waals surface area contributed by atoms with E-state index < -0.39 is 0 Å². The first-order valence-electron chi connectivity index (χ1n) is 6.53. The molecular formula is C13H20N6. The Morgan fingerprint density at radius 1 is 1.32 bits per heavy atom. The zero-order valence-corrected chi connectivity index (χ0v) is 11.2. The quantitative estimate of drug-likeness (QED) is 0.791. The molecule has 0 atom stereocenters. The van der Waals surface area contributed by atoms with Crippen molar-refractivity contribution in [3.63, 3.8) is 0 Å². The zero-order valence-electron chi connectivity index (χ0n) is 11.2. The van der Waals surface area contributed by atoms with Crippen molar-refractivity contribution in [3.05, 3.63) is 42.0 Å². The van der Waals surface area contributed by atoms with Gasteiger partial charge in [0, 0.05) is 32.0 Å². The summed E-state index contributed by atoms with van der Waals surface area (Å²) in [6, 6.07) is 6.00. The van der Waals surface area contributed by atoms with Crippen LogP contribution in [0.1, 0.15) is 18.3 Å². The first-order chi connectivity index (χ1) is 9.31. The minimum Gasteiger partial charge on any atom is -0.325 e. The van der Waals surface area contributed by atoms with Crippen molar-refractivity contribution < 1.29 is 0 Å². The van der Waals surface area contributed by atoms with Crippen LogP contribution in [0.3, 0.4) is 0 Å². The molecule has 6 heteroatoms. The van der Waals surface area contributed by atoms with Crippen LogP contribution in [-0.2, 0) is 19.6 Å². The molecule has 2 aromatic heterocycles. The fourth-order valence-electron chi connectivity index (χ4n) is 1.85. The van der Waals surface area contributed by atoms with Gasteiger partial charge in [0.05, 0.1) is 17.9 Å². The van der Waals surface area contributed by atoms with E-state index in [0.29, 0.717) is 6.54 Å². The van der Waals surface area contributed by atoms with Crippen molar-refractivity contribution in [3.8, 4) is 0 Å². The molecule has 0 radical (unpaired) electrons. The van der Waals surface area contributed by atoms with Crippen LogP contribution in [0.4, 0.5) is 0 Å². The highest BCUT2D eigenvalue weighted by Gasteiger charge is 2.05. The molecule has 0 saturated carbocycles. The number of aromatic nitrogens is 4. The first kappa shape index (κ1) is 13.6. The first-order valence-corrected chi connectivity index (χ1v) is 6.53. The molecule has 0 bridgehead atoms. The second kappa shape index (κ2) is 6.96. The summed E-state index contributed by atoms with van der Waals surface area (Å²) in [6.07, 6.45) is 3.72. The molecule has 2 N–H and O–H groups in total. The number of nitrogens with two attached hydrogens (primary N) is 1. The van der Waals surface area contributed by atoms with Crippen LogP contribution in [0.25, 0.3) is 0 Å². The van der Waals surface area contributed by atoms with Gasteiger partial charge in [0.15, 0.2) is 0 Å². The molecule has 2 heterocycles. The molecule has 0 amide bonds. The van der Waals surface area contributed by atoms with Crippen molar-refractivity contribution in [1.82, 2.24) is 24.9 Å². The highest BCUT2D eigenvalue weighted by atomic mass is 15.4. The molecule has 0 saturated heterocycles. The molecule has 0 aliphatic heterocycles. The molecule has 0 unspecified atom stereocenters. The van der Waals surface area contributed by atoms with Crippen molar-refractivity contribution in [1.29, 1.82) is 0 Å². The number of likely N-dealkylation sites (N-methyl/N-ethyl adjacent to an activating group) is 1. The van der Waals surface area contributed by atoms with Gasteiger partial charge in [0.25, 0.3) is 0 Å². The van der Waals surface area contributed by atoms with Gasteiger partial charge < -0.3 is 5.73 Å². The van der Waals surface area contributed by atoms with Crippen molar-refractivity contribution in [2.75, 3.05) is 13.1 Å². The lowest BCUT2D eigenvalue weighted by Crippen LogP contribution is -2.27. The van der Waals surface area contributed by atoms with E-state index >= 15 is 0 Å². The standard InChI is InChI=1S/C13H20N6/c1-2-18(10-12-5-3-4-6-15-12)7-8-19-11-13(9-14)16-17-19/h3-6,11H,2,7-10,14H2,1H3. The summed E-state index contributed by atoms with van der Waals surface area (Å²) in [5.74, 6) is 0. The molecule has 0 aliphatic rings. The van der Waals surface area contributed by atoms with Gasteiger partial charge >= 0.3 is 0 Å². The van der Waals surface area contributed by atoms with Gasteiger partial charge in [-0.15, -0.1) is 5.10 Å². The topological polar surface area (TPSA) is 72.9 Å². The van der Waals surface area contributed by atoms with E-state index in [1.54, 1.807) is 0 Å². The second-order valence-electron chi connectivity index (χ2n) is 4.37. The zero-order chi connectivity index (χ0) is 13.5. The van der Waals surface area contributed by atoms with Gasteiger partial charge in [0.2, 0.25) is 0 Å². The van der Waals surface area contributed by atoms with Gasteiger partial charge in [-0.2, -0.15) is 0 Å². The van der Waals surface area contributed by atoms with Gasteiger partial charge in [-0.25, -0.2) is 0 Å². The van der Waals surface area contributed by atoms with Gasteiger partial charge in [-0.3, -0.25) is 14.6 Å². The lowest BCUT2D eigenvalue weighted by molar-refractivity contribution is 0.259. The summed E-state index contributed by atoms with van der Waals surface area (Å²) < 4.78 is 1.84. The fourth-order valence-corrected chi connectivity index (χ4v) is 1.85. The molecule has 0 fully saturated rings. The summed E-state index contributed by atoms with van der Waals surface area (Å²) >= 11 is 0. The predicted molar refractivity (Wildman–Crippen MR) is 73.1 cm³/mol. The Hall–Kier alpha value is -1.79. The number of nitrogens with zero attached hydrogens (tertiary/aromatic N) is 5. The Morgan fingerprint density at radius 3 is 2.84 bits per heavy atom. The fraction of sp³-hybridized carbons (Fsp3) is 0.462. The number of rotatable bonds is 7. The maximum atomic E-state index is 5.51. The van der Waals surface area contributed by atoms with E-state index in [4.69, 9.17) is 5.73 Å². The van der Waals surface area contributed by atoms with Crippen LogP contribution >= 0.6 is 0 Å². The second-order valence-corrected chi connectivity index (χ2v) is 4.37. The third-order valence-corrected chi connectivity index (χ3v) is 3.00. The maximum Gasteiger partial charge on any atom is 0.0962 e. The SMILES string of the molecule is CCN(CCn1cc(CN)nn1)Cc1ccccn1. The minimum atomic E-state index is 0.436. The number of hydrogen-bond donors (Lipinski definition) is 1. The third kappa shape index (κ3) is 4.11. The van der Waals surface area contributed by atoms with E-state index in [9.17, 15) is 0 Å². The summed E-state index contributed by atoms with van der Waals surface area (Å²) in [5, 5.41) is 8.02. The Labute approximate surface area is 113 Å². The molecule has 2 rings (SSSR count). The van der Waals surface area contributed by atoms with Gasteiger partial charge in [0.1, 0.15) is 0 Å². The van der Waals surface area contributed by atoms with Crippen LogP contribution < -0.4 is 5.73 Å². The van der Waals surface area contributed by atoms with E-state index in [1.165, 1.54) is 0 Å². The Morgan fingerprint density at radius 2 is 2.21 bits per heavy atom. The summed E-state index contributed by atoms with van der Waals surface area (Å²) in [5.41, 5.74) is 7.43. The number of hydrogen-bond acceptors (Lipinski definition) is 5. The Bertz CT molecular complexity index is 481. The lowest BCUT2D eigenvalue weighted by atomic mass is 10.3. The maximum absolute atomic E-state index is 5.51. The third-order valence-electron chi connectivity index (χ3n) is 3.00. The smallest absolute Gasteiger partial charge is 0.0962 e. The van der Waals surface area contributed by atoms with Crippen LogP contribution in [0.5, 0.6) is 0 Å². The Balaban J connectivity index is 1.85. The molecule has 19 heavy (non-hydrogen) atoms. The monoisotopic (exact) mass is 260 g/mol. The average Bonchev–Trinajstić information content (AvgIpc) is 2.92. The van der Waals surface area contributed by atoms with E-state index in [1.807, 2.05) is 35.3 Å². The number of pyridine rings is 1. The highest BCUT2D eigenvalue weighted by molar-refractivity contribution is 5.03. The summed E-state index contributed by atoms with van der Waals surface area (Å²) in [7, 11) is 0. The minimum absolute atomic E-state index is 0.436. The normalized spacial score (nSPS) is 11.1. The van der Waals surface area contributed by atoms with Crippen molar-refractivity contribution >= 4 is 0 Å². The van der Waals surface area contributed by atoms with Gasteiger partial charge in [-0.1, -0.05) is 18.2 Å². The van der Waals surface area contributed by atoms with E-state index in [-0.39, 0.29) is 0 Å². The van der Waals surface area contributed by atoms with Crippen LogP contribution in [-0.4, -0.2) is 38.0 Å². The van der Waals surface area contributed by atoms with Crippen molar-refractivity contribution in [2.45, 2.75) is 26.6 Å².